The van der Waals surface area contributed by atoms with Gasteiger partial charge in [0.05, 0.1) is 25.0 Å². The maximum absolute atomic E-state index is 13.2. The van der Waals surface area contributed by atoms with E-state index < -0.39 is 0 Å². The van der Waals surface area contributed by atoms with Gasteiger partial charge in [-0.1, -0.05) is 43.7 Å². The summed E-state index contributed by atoms with van der Waals surface area (Å²) in [5.74, 6) is 2.38. The quantitative estimate of drug-likeness (QED) is 0.847. The zero-order chi connectivity index (χ0) is 19.3. The summed E-state index contributed by atoms with van der Waals surface area (Å²) in [7, 11) is 0. The molecule has 0 radical (unpaired) electrons. The van der Waals surface area contributed by atoms with Gasteiger partial charge in [0.25, 0.3) is 0 Å². The van der Waals surface area contributed by atoms with Crippen LogP contribution in [-0.4, -0.2) is 43.0 Å². The number of likely N-dealkylation sites (tertiary alicyclic amines) is 2. The highest BCUT2D eigenvalue weighted by Crippen LogP contribution is 2.25. The molecule has 3 heteroatoms. The van der Waals surface area contributed by atoms with Gasteiger partial charge in [-0.15, -0.1) is 0 Å². The second-order valence-corrected chi connectivity index (χ2v) is 9.88. The van der Waals surface area contributed by atoms with Crippen molar-refractivity contribution in [2.75, 3.05) is 26.2 Å². The number of carbonyl (C=O) groups excluding carboxylic acids is 1. The van der Waals surface area contributed by atoms with E-state index >= 15 is 0 Å². The Balaban J connectivity index is 1.26. The monoisotopic (exact) mass is 383 g/mol. The lowest BCUT2D eigenvalue weighted by molar-refractivity contribution is -0.934. The molecule has 0 spiro atoms. The maximum atomic E-state index is 13.2. The van der Waals surface area contributed by atoms with Gasteiger partial charge in [0, 0.05) is 19.5 Å². The molecule has 1 N–H and O–H groups in total. The molecule has 3 nitrogen and oxygen atoms in total. The van der Waals surface area contributed by atoms with E-state index in [1.807, 2.05) is 0 Å². The molecule has 4 atom stereocenters. The summed E-state index contributed by atoms with van der Waals surface area (Å²) in [5, 5.41) is 0. The molecule has 0 aromatic heterocycles. The summed E-state index contributed by atoms with van der Waals surface area (Å²) in [4.78, 5) is 17.2. The Morgan fingerprint density at radius 3 is 2.57 bits per heavy atom. The summed E-state index contributed by atoms with van der Waals surface area (Å²) >= 11 is 0. The highest BCUT2D eigenvalue weighted by molar-refractivity contribution is 5.79. The van der Waals surface area contributed by atoms with Gasteiger partial charge < -0.3 is 9.80 Å². The number of hydrogen-bond acceptors (Lipinski definition) is 1. The molecule has 1 aliphatic carbocycles. The van der Waals surface area contributed by atoms with Crippen LogP contribution in [-0.2, 0) is 11.2 Å². The third-order valence-corrected chi connectivity index (χ3v) is 7.72. The average molecular weight is 384 g/mol. The Labute approximate surface area is 171 Å². The number of amides is 1. The first-order valence-corrected chi connectivity index (χ1v) is 11.9. The van der Waals surface area contributed by atoms with Crippen molar-refractivity contribution in [2.45, 2.75) is 70.8 Å². The Bertz CT molecular complexity index is 623. The molecule has 28 heavy (non-hydrogen) atoms. The van der Waals surface area contributed by atoms with Crippen LogP contribution in [0.4, 0.5) is 0 Å². The SMILES string of the molecule is C[C@H]1CCC[C@H]([NH+]2CCC[C@H](C(=O)N3CCC(Cc4ccccc4)CC3)C2)C1. The fourth-order valence-corrected chi connectivity index (χ4v) is 6.05. The van der Waals surface area contributed by atoms with E-state index in [0.717, 1.165) is 43.9 Å². The Kier molecular flexibility index (Phi) is 6.72. The second kappa shape index (κ2) is 9.43. The predicted octanol–water partition coefficient (Wildman–Crippen LogP) is 3.34. The summed E-state index contributed by atoms with van der Waals surface area (Å²) in [6, 6.07) is 11.7. The summed E-state index contributed by atoms with van der Waals surface area (Å²) in [6.45, 7) is 6.75. The van der Waals surface area contributed by atoms with Crippen LogP contribution in [0, 0.1) is 17.8 Å². The summed E-state index contributed by atoms with van der Waals surface area (Å²) in [6.07, 6.45) is 11.4. The molecule has 2 aliphatic heterocycles. The molecule has 2 saturated heterocycles. The molecule has 1 unspecified atom stereocenters. The van der Waals surface area contributed by atoms with Crippen LogP contribution < -0.4 is 4.90 Å². The average Bonchev–Trinajstić information content (AvgIpc) is 2.75. The van der Waals surface area contributed by atoms with Gasteiger partial charge in [-0.2, -0.15) is 0 Å². The number of nitrogens with zero attached hydrogens (tertiary/aromatic N) is 1. The van der Waals surface area contributed by atoms with Crippen LogP contribution in [0.2, 0.25) is 0 Å². The highest BCUT2D eigenvalue weighted by atomic mass is 16.2. The van der Waals surface area contributed by atoms with Crippen LogP contribution in [0.5, 0.6) is 0 Å². The van der Waals surface area contributed by atoms with E-state index in [9.17, 15) is 4.79 Å². The molecular formula is C25H39N2O+. The van der Waals surface area contributed by atoms with E-state index in [4.69, 9.17) is 0 Å². The van der Waals surface area contributed by atoms with Crippen molar-refractivity contribution < 1.29 is 9.69 Å². The zero-order valence-corrected chi connectivity index (χ0v) is 17.7. The van der Waals surface area contributed by atoms with Crippen LogP contribution in [0.3, 0.4) is 0 Å². The minimum atomic E-state index is 0.284. The van der Waals surface area contributed by atoms with Crippen LogP contribution in [0.1, 0.15) is 63.9 Å². The van der Waals surface area contributed by atoms with Crippen molar-refractivity contribution >= 4 is 5.91 Å². The number of carbonyl (C=O) groups is 1. The first-order chi connectivity index (χ1) is 13.7. The lowest BCUT2D eigenvalue weighted by Gasteiger charge is -2.40. The molecule has 1 aromatic carbocycles. The number of nitrogens with one attached hydrogen (secondary N) is 1. The number of piperidine rings is 2. The highest BCUT2D eigenvalue weighted by Gasteiger charge is 2.37. The summed E-state index contributed by atoms with van der Waals surface area (Å²) < 4.78 is 0. The Hall–Kier alpha value is -1.35. The largest absolute Gasteiger partial charge is 0.342 e. The minimum Gasteiger partial charge on any atom is -0.342 e. The van der Waals surface area contributed by atoms with Crippen LogP contribution in [0.25, 0.3) is 0 Å². The fourth-order valence-electron chi connectivity index (χ4n) is 6.05. The molecule has 2 heterocycles. The van der Waals surface area contributed by atoms with Crippen molar-refractivity contribution in [2.24, 2.45) is 17.8 Å². The van der Waals surface area contributed by atoms with E-state index in [0.29, 0.717) is 5.91 Å². The maximum Gasteiger partial charge on any atom is 0.231 e. The first kappa shape index (κ1) is 19.9. The lowest BCUT2D eigenvalue weighted by atomic mass is 9.84. The topological polar surface area (TPSA) is 24.8 Å². The number of rotatable bonds is 4. The molecule has 1 amide bonds. The summed E-state index contributed by atoms with van der Waals surface area (Å²) in [5.41, 5.74) is 1.44. The van der Waals surface area contributed by atoms with Crippen LogP contribution >= 0.6 is 0 Å². The molecule has 3 aliphatic rings. The van der Waals surface area contributed by atoms with Gasteiger partial charge in [-0.05, 0) is 62.3 Å². The molecular weight excluding hydrogens is 344 g/mol. The number of quaternary nitrogens is 1. The number of hydrogen-bond donors (Lipinski definition) is 1. The zero-order valence-electron chi connectivity index (χ0n) is 17.7. The van der Waals surface area contributed by atoms with Gasteiger partial charge in [-0.25, -0.2) is 0 Å². The van der Waals surface area contributed by atoms with Crippen molar-refractivity contribution in [3.63, 3.8) is 0 Å². The molecule has 0 bridgehead atoms. The van der Waals surface area contributed by atoms with Gasteiger partial charge in [-0.3, -0.25) is 4.79 Å². The van der Waals surface area contributed by atoms with Gasteiger partial charge in [0.2, 0.25) is 5.91 Å². The molecule has 154 valence electrons. The lowest BCUT2D eigenvalue weighted by Crippen LogP contribution is -3.17. The van der Waals surface area contributed by atoms with E-state index in [1.165, 1.54) is 63.5 Å². The van der Waals surface area contributed by atoms with Crippen molar-refractivity contribution in [3.05, 3.63) is 35.9 Å². The van der Waals surface area contributed by atoms with Gasteiger partial charge in [0.1, 0.15) is 0 Å². The molecule has 3 fully saturated rings. The third-order valence-electron chi connectivity index (χ3n) is 7.72. The molecule has 4 rings (SSSR count). The Morgan fingerprint density at radius 1 is 1.04 bits per heavy atom. The number of benzene rings is 1. The predicted molar refractivity (Wildman–Crippen MR) is 114 cm³/mol. The van der Waals surface area contributed by atoms with E-state index in [2.05, 4.69) is 42.2 Å². The molecule has 1 saturated carbocycles. The first-order valence-electron chi connectivity index (χ1n) is 11.9. The second-order valence-electron chi connectivity index (χ2n) is 9.88. The van der Waals surface area contributed by atoms with Crippen molar-refractivity contribution in [1.82, 2.24) is 4.90 Å². The van der Waals surface area contributed by atoms with Gasteiger partial charge >= 0.3 is 0 Å². The van der Waals surface area contributed by atoms with E-state index in [1.54, 1.807) is 4.90 Å². The van der Waals surface area contributed by atoms with Gasteiger partial charge in [0.15, 0.2) is 0 Å². The smallest absolute Gasteiger partial charge is 0.231 e. The Morgan fingerprint density at radius 2 is 1.82 bits per heavy atom. The van der Waals surface area contributed by atoms with E-state index in [-0.39, 0.29) is 5.92 Å². The van der Waals surface area contributed by atoms with Crippen molar-refractivity contribution in [1.29, 1.82) is 0 Å². The molecule has 1 aromatic rings. The minimum absolute atomic E-state index is 0.284. The fraction of sp³-hybridized carbons (Fsp3) is 0.720. The normalized spacial score (nSPS) is 32.2. The third kappa shape index (κ3) is 4.97. The van der Waals surface area contributed by atoms with Crippen LogP contribution in [0.15, 0.2) is 30.3 Å². The van der Waals surface area contributed by atoms with Crippen molar-refractivity contribution in [3.8, 4) is 0 Å². The standard InChI is InChI=1S/C25H38N2O/c1-20-7-5-11-24(17-20)27-14-6-10-23(19-27)25(28)26-15-12-22(13-16-26)18-21-8-3-2-4-9-21/h2-4,8-9,20,22-24H,5-7,10-19H2,1H3/p+1/t20-,23-,24-/m0/s1.